The molecule has 1 N–H and O–H groups in total. The summed E-state index contributed by atoms with van der Waals surface area (Å²) in [4.78, 5) is 34.0. The van der Waals surface area contributed by atoms with Gasteiger partial charge in [-0.1, -0.05) is 35.1 Å². The van der Waals surface area contributed by atoms with Crippen molar-refractivity contribution in [3.63, 3.8) is 0 Å². The Morgan fingerprint density at radius 2 is 1.97 bits per heavy atom. The van der Waals surface area contributed by atoms with E-state index in [1.807, 2.05) is 37.3 Å². The Balaban J connectivity index is 1.24. The first kappa shape index (κ1) is 21.1. The lowest BCUT2D eigenvalue weighted by Gasteiger charge is -2.26. The summed E-state index contributed by atoms with van der Waals surface area (Å²) < 4.78 is 6.47. The number of morpholine rings is 1. The molecule has 1 atom stereocenters. The number of aromatic nitrogens is 1. The van der Waals surface area contributed by atoms with Gasteiger partial charge in [0.05, 0.1) is 29.3 Å². The van der Waals surface area contributed by atoms with E-state index >= 15 is 0 Å². The van der Waals surface area contributed by atoms with E-state index in [0.29, 0.717) is 11.7 Å². The van der Waals surface area contributed by atoms with Gasteiger partial charge in [-0.3, -0.25) is 14.5 Å². The molecule has 2 fully saturated rings. The van der Waals surface area contributed by atoms with Crippen LogP contribution < -0.4 is 10.2 Å². The van der Waals surface area contributed by atoms with E-state index in [1.165, 1.54) is 16.9 Å². The Morgan fingerprint density at radius 1 is 1.19 bits per heavy atom. The summed E-state index contributed by atoms with van der Waals surface area (Å²) in [5.41, 5.74) is 4.08. The van der Waals surface area contributed by atoms with Gasteiger partial charge >= 0.3 is 0 Å². The summed E-state index contributed by atoms with van der Waals surface area (Å²) in [7, 11) is 0. The number of thiazole rings is 1. The second-order valence-electron chi connectivity index (χ2n) is 8.44. The zero-order valence-electron chi connectivity index (χ0n) is 18.0. The third kappa shape index (κ3) is 4.53. The van der Waals surface area contributed by atoms with E-state index in [2.05, 4.69) is 27.3 Å². The molecule has 7 nitrogen and oxygen atoms in total. The SMILES string of the molecule is Cc1ccc(N2CC(C(=O)Nc3nc4ccc(CN5CCOCC5)cc4s3)CC2=O)cc1. The largest absolute Gasteiger partial charge is 0.379 e. The number of anilines is 2. The number of nitrogens with one attached hydrogen (secondary N) is 1. The van der Waals surface area contributed by atoms with Crippen LogP contribution in [0.4, 0.5) is 10.8 Å². The van der Waals surface area contributed by atoms with E-state index in [4.69, 9.17) is 4.74 Å². The number of carbonyl (C=O) groups excluding carboxylic acids is 2. The maximum absolute atomic E-state index is 12.9. The van der Waals surface area contributed by atoms with Crippen LogP contribution in [-0.2, 0) is 20.9 Å². The van der Waals surface area contributed by atoms with Crippen molar-refractivity contribution < 1.29 is 14.3 Å². The molecule has 0 radical (unpaired) electrons. The standard InChI is InChI=1S/C24H26N4O3S/c1-16-2-5-19(6-3-16)28-15-18(13-22(28)29)23(30)26-24-25-20-7-4-17(12-21(20)32-24)14-27-8-10-31-11-9-27/h2-7,12,18H,8-11,13-15H2,1H3,(H,25,26,30). The fourth-order valence-electron chi connectivity index (χ4n) is 4.20. The number of rotatable bonds is 5. The van der Waals surface area contributed by atoms with Gasteiger partial charge in [-0.25, -0.2) is 4.98 Å². The molecule has 0 saturated carbocycles. The number of aryl methyl sites for hydroxylation is 1. The Labute approximate surface area is 191 Å². The highest BCUT2D eigenvalue weighted by atomic mass is 32.1. The van der Waals surface area contributed by atoms with Crippen LogP contribution in [0.3, 0.4) is 0 Å². The smallest absolute Gasteiger partial charge is 0.231 e. The zero-order chi connectivity index (χ0) is 22.1. The predicted molar refractivity (Wildman–Crippen MR) is 126 cm³/mol. The third-order valence-electron chi connectivity index (χ3n) is 6.03. The van der Waals surface area contributed by atoms with E-state index in [0.717, 1.165) is 54.3 Å². The molecule has 2 aliphatic heterocycles. The van der Waals surface area contributed by atoms with E-state index < -0.39 is 0 Å². The number of nitrogens with zero attached hydrogens (tertiary/aromatic N) is 3. The minimum Gasteiger partial charge on any atom is -0.379 e. The molecule has 3 aromatic rings. The molecular weight excluding hydrogens is 424 g/mol. The molecule has 2 aromatic carbocycles. The zero-order valence-corrected chi connectivity index (χ0v) is 18.9. The number of benzene rings is 2. The van der Waals surface area contributed by atoms with Crippen molar-refractivity contribution >= 4 is 44.2 Å². The number of carbonyl (C=O) groups is 2. The van der Waals surface area contributed by atoms with Crippen molar-refractivity contribution in [3.05, 3.63) is 53.6 Å². The average molecular weight is 451 g/mol. The van der Waals surface area contributed by atoms with Gasteiger partial charge in [0.15, 0.2) is 5.13 Å². The molecular formula is C24H26N4O3S. The Bertz CT molecular complexity index is 1140. The summed E-state index contributed by atoms with van der Waals surface area (Å²) in [6.45, 7) is 6.74. The lowest BCUT2D eigenvalue weighted by atomic mass is 10.1. The summed E-state index contributed by atoms with van der Waals surface area (Å²) in [6, 6.07) is 14.1. The van der Waals surface area contributed by atoms with Gasteiger partial charge in [0.25, 0.3) is 0 Å². The lowest BCUT2D eigenvalue weighted by molar-refractivity contribution is -0.122. The minimum atomic E-state index is -0.382. The monoisotopic (exact) mass is 450 g/mol. The summed E-state index contributed by atoms with van der Waals surface area (Å²) in [6.07, 6.45) is 0.217. The second kappa shape index (κ2) is 8.97. The third-order valence-corrected chi connectivity index (χ3v) is 6.97. The number of amides is 2. The summed E-state index contributed by atoms with van der Waals surface area (Å²) >= 11 is 1.48. The van der Waals surface area contributed by atoms with Crippen LogP contribution in [0.2, 0.25) is 0 Å². The fraction of sp³-hybridized carbons (Fsp3) is 0.375. The summed E-state index contributed by atoms with van der Waals surface area (Å²) in [5.74, 6) is -0.556. The molecule has 0 bridgehead atoms. The van der Waals surface area contributed by atoms with Crippen LogP contribution in [0.5, 0.6) is 0 Å². The number of hydrogen-bond donors (Lipinski definition) is 1. The summed E-state index contributed by atoms with van der Waals surface area (Å²) in [5, 5.41) is 3.52. The maximum atomic E-state index is 12.9. The minimum absolute atomic E-state index is 0.0222. The van der Waals surface area contributed by atoms with Crippen LogP contribution in [0.1, 0.15) is 17.5 Å². The van der Waals surface area contributed by atoms with Gasteiger partial charge in [-0.05, 0) is 36.8 Å². The van der Waals surface area contributed by atoms with Crippen molar-refractivity contribution in [2.45, 2.75) is 19.9 Å². The first-order valence-corrected chi connectivity index (χ1v) is 11.7. The average Bonchev–Trinajstić information content (AvgIpc) is 3.37. The predicted octanol–water partition coefficient (Wildman–Crippen LogP) is 3.43. The van der Waals surface area contributed by atoms with Crippen LogP contribution >= 0.6 is 11.3 Å². The molecule has 8 heteroatoms. The van der Waals surface area contributed by atoms with Crippen LogP contribution in [0.25, 0.3) is 10.2 Å². The molecule has 2 amide bonds. The Hall–Kier alpha value is -2.81. The van der Waals surface area contributed by atoms with Gasteiger partial charge < -0.3 is 15.0 Å². The highest BCUT2D eigenvalue weighted by molar-refractivity contribution is 7.22. The van der Waals surface area contributed by atoms with E-state index in [9.17, 15) is 9.59 Å². The molecule has 32 heavy (non-hydrogen) atoms. The van der Waals surface area contributed by atoms with Crippen LogP contribution in [0.15, 0.2) is 42.5 Å². The topological polar surface area (TPSA) is 74.8 Å². The molecule has 1 aromatic heterocycles. The maximum Gasteiger partial charge on any atom is 0.231 e. The molecule has 2 aliphatic rings. The van der Waals surface area contributed by atoms with Crippen molar-refractivity contribution in [3.8, 4) is 0 Å². The molecule has 2 saturated heterocycles. The van der Waals surface area contributed by atoms with E-state index in [1.54, 1.807) is 4.90 Å². The number of ether oxygens (including phenoxy) is 1. The highest BCUT2D eigenvalue weighted by Crippen LogP contribution is 2.30. The van der Waals surface area contributed by atoms with Gasteiger partial charge in [-0.15, -0.1) is 0 Å². The van der Waals surface area contributed by atoms with Gasteiger partial charge in [0, 0.05) is 38.3 Å². The fourth-order valence-corrected chi connectivity index (χ4v) is 5.14. The normalized spacial score (nSPS) is 19.6. The molecule has 166 valence electrons. The molecule has 1 unspecified atom stereocenters. The number of hydrogen-bond acceptors (Lipinski definition) is 6. The molecule has 5 rings (SSSR count). The molecule has 3 heterocycles. The van der Waals surface area contributed by atoms with E-state index in [-0.39, 0.29) is 24.2 Å². The van der Waals surface area contributed by atoms with Crippen molar-refractivity contribution in [1.82, 2.24) is 9.88 Å². The number of fused-ring (bicyclic) bond motifs is 1. The van der Waals surface area contributed by atoms with Crippen molar-refractivity contribution in [2.75, 3.05) is 43.1 Å². The second-order valence-corrected chi connectivity index (χ2v) is 9.47. The van der Waals surface area contributed by atoms with Gasteiger partial charge in [-0.2, -0.15) is 0 Å². The quantitative estimate of drug-likeness (QED) is 0.645. The Kier molecular flexibility index (Phi) is 5.91. The Morgan fingerprint density at radius 3 is 2.75 bits per heavy atom. The van der Waals surface area contributed by atoms with Crippen molar-refractivity contribution in [2.24, 2.45) is 5.92 Å². The lowest BCUT2D eigenvalue weighted by Crippen LogP contribution is -2.35. The molecule has 0 aliphatic carbocycles. The van der Waals surface area contributed by atoms with Crippen molar-refractivity contribution in [1.29, 1.82) is 0 Å². The highest BCUT2D eigenvalue weighted by Gasteiger charge is 2.35. The van der Waals surface area contributed by atoms with Gasteiger partial charge in [0.2, 0.25) is 11.8 Å². The molecule has 0 spiro atoms. The van der Waals surface area contributed by atoms with Crippen LogP contribution in [0, 0.1) is 12.8 Å². The van der Waals surface area contributed by atoms with Crippen LogP contribution in [-0.4, -0.2) is 54.5 Å². The first-order valence-electron chi connectivity index (χ1n) is 10.9. The van der Waals surface area contributed by atoms with Gasteiger partial charge in [0.1, 0.15) is 0 Å². The first-order chi connectivity index (χ1) is 15.5.